The Morgan fingerprint density at radius 1 is 0.976 bits per heavy atom. The molecule has 3 fully saturated rings. The number of nitrogen functional groups attached to an aromatic ring is 1. The molecular weight excluding hydrogens is 537 g/mol. The third kappa shape index (κ3) is 5.68. The van der Waals surface area contributed by atoms with Gasteiger partial charge in [0.2, 0.25) is 11.9 Å². The molecule has 3 atom stereocenters. The second-order valence-electron chi connectivity index (χ2n) is 10.6. The zero-order valence-electron chi connectivity index (χ0n) is 22.3. The van der Waals surface area contributed by atoms with Gasteiger partial charge in [-0.25, -0.2) is 24.9 Å². The highest BCUT2D eigenvalue weighted by atomic mass is 19.4. The molecule has 2 aliphatic heterocycles. The Bertz CT molecular complexity index is 1350. The number of rotatable bonds is 6. The molecule has 3 aliphatic rings. The second-order valence-corrected chi connectivity index (χ2v) is 10.6. The molecule has 1 amide bonds. The van der Waals surface area contributed by atoms with Crippen molar-refractivity contribution >= 4 is 17.8 Å². The summed E-state index contributed by atoms with van der Waals surface area (Å²) in [6.45, 7) is 2.75. The normalized spacial score (nSPS) is 23.8. The predicted octanol–water partition coefficient (Wildman–Crippen LogP) is 3.40. The number of amides is 1. The molecule has 1 aliphatic carbocycles. The highest BCUT2D eigenvalue weighted by molar-refractivity contribution is 5.95. The molecule has 0 spiro atoms. The van der Waals surface area contributed by atoms with Gasteiger partial charge in [0.25, 0.3) is 5.91 Å². The lowest BCUT2D eigenvalue weighted by Gasteiger charge is -2.52. The molecule has 13 heteroatoms. The van der Waals surface area contributed by atoms with E-state index in [9.17, 15) is 18.0 Å². The van der Waals surface area contributed by atoms with E-state index in [0.717, 1.165) is 30.5 Å². The van der Waals surface area contributed by atoms with Crippen LogP contribution in [-0.4, -0.2) is 80.7 Å². The first-order valence-electron chi connectivity index (χ1n) is 13.8. The summed E-state index contributed by atoms with van der Waals surface area (Å²) in [5, 5.41) is 4.30. The van der Waals surface area contributed by atoms with Crippen LogP contribution in [0, 0.1) is 5.92 Å². The number of benzene rings is 1. The fourth-order valence-corrected chi connectivity index (χ4v) is 6.12. The lowest BCUT2D eigenvalue weighted by molar-refractivity contribution is -0.137. The fourth-order valence-electron chi connectivity index (χ4n) is 6.12. The standard InChI is InChI=1S/C28H31F3N8O2/c29-28(30,31)21-4-1-3-19(15-21)25(40)38-10-7-22(23(24(38)18-5-6-18)20-16-35-26(32)36-17-20)39(27-33-8-2-9-34-27)37-11-13-41-14-12-37/h1-4,8-9,15-18,22-24H,5-7,10-14H2,(H2,32,35,36). The number of hydrogen-bond donors (Lipinski definition) is 1. The van der Waals surface area contributed by atoms with Crippen molar-refractivity contribution in [3.63, 3.8) is 0 Å². The zero-order valence-corrected chi connectivity index (χ0v) is 22.3. The molecule has 41 heavy (non-hydrogen) atoms. The van der Waals surface area contributed by atoms with E-state index >= 15 is 0 Å². The lowest BCUT2D eigenvalue weighted by Crippen LogP contribution is -2.63. The average Bonchev–Trinajstić information content (AvgIpc) is 3.84. The molecular formula is C28H31F3N8O2. The van der Waals surface area contributed by atoms with Gasteiger partial charge in [-0.1, -0.05) is 6.07 Å². The third-order valence-electron chi connectivity index (χ3n) is 8.05. The van der Waals surface area contributed by atoms with E-state index in [0.29, 0.717) is 45.2 Å². The number of carbonyl (C=O) groups is 1. The van der Waals surface area contributed by atoms with Gasteiger partial charge in [0.05, 0.1) is 24.8 Å². The molecule has 2 aromatic heterocycles. The first kappa shape index (κ1) is 27.3. The van der Waals surface area contributed by atoms with Crippen LogP contribution in [-0.2, 0) is 10.9 Å². The molecule has 1 aromatic carbocycles. The number of anilines is 2. The molecule has 3 aromatic rings. The number of nitrogens with two attached hydrogens (primary N) is 1. The minimum absolute atomic E-state index is 0.0210. The minimum Gasteiger partial charge on any atom is -0.379 e. The largest absolute Gasteiger partial charge is 0.416 e. The number of halogens is 3. The third-order valence-corrected chi connectivity index (χ3v) is 8.05. The van der Waals surface area contributed by atoms with Gasteiger partial charge in [0.1, 0.15) is 0 Å². The van der Waals surface area contributed by atoms with Gasteiger partial charge in [0.15, 0.2) is 0 Å². The van der Waals surface area contributed by atoms with Crippen molar-refractivity contribution in [1.29, 1.82) is 0 Å². The second kappa shape index (κ2) is 11.2. The van der Waals surface area contributed by atoms with Crippen LogP contribution < -0.4 is 10.7 Å². The molecule has 0 radical (unpaired) electrons. The highest BCUT2D eigenvalue weighted by Gasteiger charge is 2.51. The number of nitrogens with zero attached hydrogens (tertiary/aromatic N) is 7. The summed E-state index contributed by atoms with van der Waals surface area (Å²) in [5.41, 5.74) is 5.82. The number of alkyl halides is 3. The number of hydrazine groups is 1. The van der Waals surface area contributed by atoms with Crippen molar-refractivity contribution in [1.82, 2.24) is 29.8 Å². The maximum Gasteiger partial charge on any atom is 0.416 e. The van der Waals surface area contributed by atoms with Crippen LogP contribution in [0.2, 0.25) is 0 Å². The first-order valence-corrected chi connectivity index (χ1v) is 13.8. The van der Waals surface area contributed by atoms with Crippen molar-refractivity contribution in [2.24, 2.45) is 5.92 Å². The lowest BCUT2D eigenvalue weighted by atomic mass is 9.77. The van der Waals surface area contributed by atoms with Gasteiger partial charge >= 0.3 is 6.18 Å². The van der Waals surface area contributed by atoms with Crippen molar-refractivity contribution in [3.05, 3.63) is 71.8 Å². The van der Waals surface area contributed by atoms with Crippen LogP contribution in [0.25, 0.3) is 0 Å². The first-order chi connectivity index (χ1) is 19.8. The van der Waals surface area contributed by atoms with Gasteiger partial charge in [-0.3, -0.25) is 9.80 Å². The summed E-state index contributed by atoms with van der Waals surface area (Å²) in [5.74, 6) is 0.156. The van der Waals surface area contributed by atoms with Gasteiger partial charge < -0.3 is 15.4 Å². The summed E-state index contributed by atoms with van der Waals surface area (Å²) in [7, 11) is 0. The summed E-state index contributed by atoms with van der Waals surface area (Å²) >= 11 is 0. The average molecular weight is 569 g/mol. The topological polar surface area (TPSA) is 114 Å². The Morgan fingerprint density at radius 2 is 1.68 bits per heavy atom. The van der Waals surface area contributed by atoms with Crippen LogP contribution in [0.4, 0.5) is 25.1 Å². The molecule has 4 heterocycles. The van der Waals surface area contributed by atoms with Crippen molar-refractivity contribution < 1.29 is 22.7 Å². The van der Waals surface area contributed by atoms with Gasteiger partial charge in [-0.2, -0.15) is 13.2 Å². The smallest absolute Gasteiger partial charge is 0.379 e. The molecule has 216 valence electrons. The summed E-state index contributed by atoms with van der Waals surface area (Å²) in [6, 6.07) is 5.94. The summed E-state index contributed by atoms with van der Waals surface area (Å²) < 4.78 is 46.1. The monoisotopic (exact) mass is 568 g/mol. The van der Waals surface area contributed by atoms with Crippen molar-refractivity contribution in [3.8, 4) is 0 Å². The number of ether oxygens (including phenoxy) is 1. The Balaban J connectivity index is 1.42. The van der Waals surface area contributed by atoms with E-state index < -0.39 is 17.6 Å². The molecule has 6 rings (SSSR count). The predicted molar refractivity (Wildman–Crippen MR) is 143 cm³/mol. The molecule has 10 nitrogen and oxygen atoms in total. The fraction of sp³-hybridized carbons (Fsp3) is 0.464. The number of aromatic nitrogens is 4. The molecule has 0 bridgehead atoms. The molecule has 2 N–H and O–H groups in total. The van der Waals surface area contributed by atoms with E-state index in [-0.39, 0.29) is 35.4 Å². The SMILES string of the molecule is Nc1ncc(C2C(C3CC3)N(C(=O)c3cccc(C(F)(F)F)c3)CCC2N(c2ncccn2)N2CCOCC2)cn1. The number of hydrogen-bond acceptors (Lipinski definition) is 9. The van der Waals surface area contributed by atoms with E-state index in [2.05, 4.69) is 30.0 Å². The maximum absolute atomic E-state index is 13.9. The number of carbonyl (C=O) groups excluding carboxylic acids is 1. The van der Waals surface area contributed by atoms with Crippen molar-refractivity contribution in [2.45, 2.75) is 43.4 Å². The van der Waals surface area contributed by atoms with Crippen LogP contribution >= 0.6 is 0 Å². The Hall–Kier alpha value is -3.84. The van der Waals surface area contributed by atoms with Gasteiger partial charge in [-0.05, 0) is 55.0 Å². The quantitative estimate of drug-likeness (QED) is 0.478. The van der Waals surface area contributed by atoms with E-state index in [4.69, 9.17) is 10.5 Å². The summed E-state index contributed by atoms with van der Waals surface area (Å²) in [4.78, 5) is 33.4. The van der Waals surface area contributed by atoms with Crippen LogP contribution in [0.3, 0.4) is 0 Å². The van der Waals surface area contributed by atoms with E-state index in [1.807, 2.05) is 0 Å². The maximum atomic E-state index is 13.9. The van der Waals surface area contributed by atoms with Crippen LogP contribution in [0.15, 0.2) is 55.1 Å². The number of likely N-dealkylation sites (tertiary alicyclic amines) is 1. The minimum atomic E-state index is -4.54. The van der Waals surface area contributed by atoms with E-state index in [1.165, 1.54) is 12.1 Å². The summed E-state index contributed by atoms with van der Waals surface area (Å²) in [6.07, 6.45) is 4.58. The van der Waals surface area contributed by atoms with Gasteiger partial charge in [-0.15, -0.1) is 0 Å². The van der Waals surface area contributed by atoms with Gasteiger partial charge in [0, 0.05) is 61.9 Å². The molecule has 3 unspecified atom stereocenters. The van der Waals surface area contributed by atoms with Crippen molar-refractivity contribution in [2.75, 3.05) is 43.6 Å². The Morgan fingerprint density at radius 3 is 2.34 bits per heavy atom. The molecule has 2 saturated heterocycles. The Kier molecular flexibility index (Phi) is 7.47. The Labute approximate surface area is 235 Å². The molecule has 1 saturated carbocycles. The highest BCUT2D eigenvalue weighted by Crippen LogP contribution is 2.48. The zero-order chi connectivity index (χ0) is 28.6. The number of morpholine rings is 1. The number of piperidine rings is 1. The van der Waals surface area contributed by atoms with Crippen LogP contribution in [0.5, 0.6) is 0 Å². The van der Waals surface area contributed by atoms with E-state index in [1.54, 1.807) is 35.8 Å². The van der Waals surface area contributed by atoms with Crippen LogP contribution in [0.1, 0.15) is 46.7 Å².